The molecule has 1 N–H and O–H groups in total. The largest absolute Gasteiger partial charge is 0.465 e. The molecular weight excluding hydrogens is 452 g/mol. The average molecular weight is 466 g/mol. The maximum atomic E-state index is 12.0. The Morgan fingerprint density at radius 3 is 2.47 bits per heavy atom. The number of hydrogen-bond acceptors (Lipinski definition) is 13. The minimum Gasteiger partial charge on any atom is -0.465 e. The molecule has 15 nitrogen and oxygen atoms in total. The van der Waals surface area contributed by atoms with Crippen molar-refractivity contribution in [3.63, 3.8) is 0 Å². The van der Waals surface area contributed by atoms with Gasteiger partial charge in [0.25, 0.3) is 5.16 Å². The van der Waals surface area contributed by atoms with Gasteiger partial charge in [0.2, 0.25) is 21.4 Å². The molecule has 16 heteroatoms. The second-order valence-corrected chi connectivity index (χ2v) is 7.76. The molecular formula is C16H14N6O9S. The number of anilines is 1. The van der Waals surface area contributed by atoms with Crippen molar-refractivity contribution in [2.75, 3.05) is 24.7 Å². The summed E-state index contributed by atoms with van der Waals surface area (Å²) in [6.07, 6.45) is 0.714. The molecule has 0 saturated carbocycles. The number of nitrogens with one attached hydrogen (secondary N) is 1. The summed E-state index contributed by atoms with van der Waals surface area (Å²) in [6.45, 7) is 0.938. The molecule has 0 bridgehead atoms. The highest BCUT2D eigenvalue weighted by Gasteiger charge is 2.31. The third-order valence-corrected chi connectivity index (χ3v) is 4.39. The number of nitro groups is 2. The number of carbonyl (C=O) groups excluding carboxylic acids is 1. The van der Waals surface area contributed by atoms with Crippen molar-refractivity contribution in [1.82, 2.24) is 9.97 Å². The highest BCUT2D eigenvalue weighted by molar-refractivity contribution is 7.90. The zero-order valence-corrected chi connectivity index (χ0v) is 17.3. The molecule has 0 aliphatic rings. The SMILES string of the molecule is CCOC(=O)CNc1nc(S(C)(=O)=O)nc(Oc2cc(C#N)ccc2[N+](=O)[O-])c1[N+](=O)[O-]. The predicted molar refractivity (Wildman–Crippen MR) is 105 cm³/mol. The first-order chi connectivity index (χ1) is 15.0. The van der Waals surface area contributed by atoms with Crippen molar-refractivity contribution in [3.05, 3.63) is 44.0 Å². The smallest absolute Gasteiger partial charge is 0.373 e. The normalized spacial score (nSPS) is 10.7. The number of benzene rings is 1. The van der Waals surface area contributed by atoms with Gasteiger partial charge in [0.1, 0.15) is 6.54 Å². The van der Waals surface area contributed by atoms with Crippen molar-refractivity contribution in [1.29, 1.82) is 5.26 Å². The van der Waals surface area contributed by atoms with Crippen molar-refractivity contribution in [2.45, 2.75) is 12.1 Å². The van der Waals surface area contributed by atoms with E-state index in [9.17, 15) is 33.4 Å². The average Bonchev–Trinajstić information content (AvgIpc) is 2.70. The van der Waals surface area contributed by atoms with Crippen LogP contribution in [0.2, 0.25) is 0 Å². The molecule has 168 valence electrons. The Morgan fingerprint density at radius 1 is 1.25 bits per heavy atom. The van der Waals surface area contributed by atoms with E-state index in [0.29, 0.717) is 6.26 Å². The molecule has 1 aromatic carbocycles. The summed E-state index contributed by atoms with van der Waals surface area (Å²) in [5, 5.41) is 33.3. The molecule has 0 fully saturated rings. The van der Waals surface area contributed by atoms with Gasteiger partial charge >= 0.3 is 23.2 Å². The van der Waals surface area contributed by atoms with Gasteiger partial charge in [-0.05, 0) is 13.0 Å². The number of nitrogens with zero attached hydrogens (tertiary/aromatic N) is 5. The van der Waals surface area contributed by atoms with Crippen LogP contribution in [-0.4, -0.2) is 53.6 Å². The fourth-order valence-electron chi connectivity index (χ4n) is 2.23. The third kappa shape index (κ3) is 5.60. The van der Waals surface area contributed by atoms with Crippen molar-refractivity contribution < 1.29 is 32.5 Å². The first kappa shape index (κ1) is 23.9. The van der Waals surface area contributed by atoms with Gasteiger partial charge in [0, 0.05) is 18.4 Å². The van der Waals surface area contributed by atoms with Crippen LogP contribution in [0.25, 0.3) is 0 Å². The maximum Gasteiger partial charge on any atom is 0.373 e. The lowest BCUT2D eigenvalue weighted by Gasteiger charge is -2.11. The van der Waals surface area contributed by atoms with Gasteiger partial charge < -0.3 is 14.8 Å². The standard InChI is InChI=1S/C16H14N6O9S/c1-3-30-12(23)8-18-14-13(22(26)27)15(20-16(19-14)32(2,28)29)31-11-6-9(7-17)4-5-10(11)21(24)25/h4-6H,3,8H2,1-2H3,(H,18,19,20). The number of ether oxygens (including phenoxy) is 2. The first-order valence-corrected chi connectivity index (χ1v) is 10.4. The van der Waals surface area contributed by atoms with Gasteiger partial charge in [-0.3, -0.25) is 25.0 Å². The lowest BCUT2D eigenvalue weighted by molar-refractivity contribution is -0.387. The monoisotopic (exact) mass is 466 g/mol. The Labute approximate surface area is 179 Å². The van der Waals surface area contributed by atoms with Gasteiger partial charge in [-0.2, -0.15) is 15.2 Å². The summed E-state index contributed by atoms with van der Waals surface area (Å²) in [6, 6.07) is 4.69. The zero-order valence-electron chi connectivity index (χ0n) is 16.5. The molecule has 0 aliphatic carbocycles. The Bertz CT molecular complexity index is 1240. The minimum absolute atomic E-state index is 0.0221. The van der Waals surface area contributed by atoms with Crippen LogP contribution < -0.4 is 10.1 Å². The molecule has 1 heterocycles. The number of rotatable bonds is 9. The second kappa shape index (κ2) is 9.61. The van der Waals surface area contributed by atoms with Crippen LogP contribution in [0.1, 0.15) is 12.5 Å². The van der Waals surface area contributed by atoms with Crippen LogP contribution in [0.5, 0.6) is 11.6 Å². The molecule has 32 heavy (non-hydrogen) atoms. The van der Waals surface area contributed by atoms with Gasteiger partial charge in [-0.15, -0.1) is 0 Å². The van der Waals surface area contributed by atoms with Crippen molar-refractivity contribution >= 4 is 33.0 Å². The number of hydrogen-bond donors (Lipinski definition) is 1. The lowest BCUT2D eigenvalue weighted by atomic mass is 10.2. The van der Waals surface area contributed by atoms with E-state index in [1.807, 2.05) is 0 Å². The number of nitriles is 1. The first-order valence-electron chi connectivity index (χ1n) is 8.50. The van der Waals surface area contributed by atoms with E-state index in [-0.39, 0.29) is 12.2 Å². The number of nitro benzene ring substituents is 1. The van der Waals surface area contributed by atoms with Gasteiger partial charge in [-0.1, -0.05) is 0 Å². The van der Waals surface area contributed by atoms with E-state index >= 15 is 0 Å². The molecule has 2 aromatic rings. The predicted octanol–water partition coefficient (Wildman–Crippen LogP) is 1.34. The summed E-state index contributed by atoms with van der Waals surface area (Å²) in [7, 11) is -4.14. The van der Waals surface area contributed by atoms with Crippen molar-refractivity contribution in [3.8, 4) is 17.7 Å². The molecule has 0 amide bonds. The Kier molecular flexibility index (Phi) is 7.17. The number of esters is 1. The van der Waals surface area contributed by atoms with Crippen molar-refractivity contribution in [2.24, 2.45) is 0 Å². The molecule has 0 radical (unpaired) electrons. The lowest BCUT2D eigenvalue weighted by Crippen LogP contribution is -2.19. The number of aromatic nitrogens is 2. The summed E-state index contributed by atoms with van der Waals surface area (Å²) < 4.78 is 33.8. The molecule has 0 saturated heterocycles. The summed E-state index contributed by atoms with van der Waals surface area (Å²) >= 11 is 0. The summed E-state index contributed by atoms with van der Waals surface area (Å²) in [5.74, 6) is -3.09. The second-order valence-electron chi connectivity index (χ2n) is 5.85. The fraction of sp³-hybridized carbons (Fsp3) is 0.250. The highest BCUT2D eigenvalue weighted by atomic mass is 32.2. The molecule has 0 aliphatic heterocycles. The summed E-state index contributed by atoms with van der Waals surface area (Å²) in [4.78, 5) is 39.7. The zero-order chi connectivity index (χ0) is 24.1. The van der Waals surface area contributed by atoms with E-state index in [0.717, 1.165) is 18.2 Å². The fourth-order valence-corrected chi connectivity index (χ4v) is 2.73. The van der Waals surface area contributed by atoms with Crippen LogP contribution in [-0.2, 0) is 19.4 Å². The molecule has 0 spiro atoms. The molecule has 2 rings (SSSR count). The minimum atomic E-state index is -4.14. The van der Waals surface area contributed by atoms with Gasteiger partial charge in [0.15, 0.2) is 0 Å². The highest BCUT2D eigenvalue weighted by Crippen LogP contribution is 2.39. The van der Waals surface area contributed by atoms with Crippen LogP contribution >= 0.6 is 0 Å². The molecule has 0 unspecified atom stereocenters. The van der Waals surface area contributed by atoms with Crippen LogP contribution in [0.15, 0.2) is 23.4 Å². The van der Waals surface area contributed by atoms with E-state index in [4.69, 9.17) is 10.00 Å². The van der Waals surface area contributed by atoms with E-state index < -0.39 is 66.2 Å². The topological polar surface area (TPSA) is 218 Å². The maximum absolute atomic E-state index is 12.0. The van der Waals surface area contributed by atoms with E-state index in [1.54, 1.807) is 6.07 Å². The van der Waals surface area contributed by atoms with Gasteiger partial charge in [-0.25, -0.2) is 8.42 Å². The molecule has 1 aromatic heterocycles. The number of sulfone groups is 1. The van der Waals surface area contributed by atoms with E-state index in [2.05, 4.69) is 20.0 Å². The number of carbonyl (C=O) groups is 1. The summed E-state index contributed by atoms with van der Waals surface area (Å²) in [5.41, 5.74) is -1.75. The Hall–Kier alpha value is -4.39. The van der Waals surface area contributed by atoms with E-state index in [1.165, 1.54) is 6.92 Å². The Balaban J connectivity index is 2.69. The quantitative estimate of drug-likeness (QED) is 0.239. The van der Waals surface area contributed by atoms with Crippen LogP contribution in [0.4, 0.5) is 17.2 Å². The third-order valence-electron chi connectivity index (χ3n) is 3.54. The molecule has 0 atom stereocenters. The van der Waals surface area contributed by atoms with Crippen LogP contribution in [0.3, 0.4) is 0 Å². The Morgan fingerprint density at radius 2 is 1.94 bits per heavy atom. The van der Waals surface area contributed by atoms with Gasteiger partial charge in [0.05, 0.1) is 28.1 Å². The van der Waals surface area contributed by atoms with Crippen LogP contribution in [0, 0.1) is 31.6 Å².